The molecule has 5 nitrogen and oxygen atoms in total. The number of anilines is 3. The molecular weight excluding hydrogens is 276 g/mol. The first kappa shape index (κ1) is 16.2. The van der Waals surface area contributed by atoms with Crippen LogP contribution in [0.4, 0.5) is 17.5 Å². The molecule has 2 aromatic rings. The van der Waals surface area contributed by atoms with Gasteiger partial charge in [0.1, 0.15) is 5.82 Å². The first-order chi connectivity index (χ1) is 10.6. The minimum absolute atomic E-state index is 0.448. The zero-order valence-corrected chi connectivity index (χ0v) is 13.7. The van der Waals surface area contributed by atoms with Crippen LogP contribution in [-0.4, -0.2) is 30.2 Å². The van der Waals surface area contributed by atoms with Gasteiger partial charge in [0.15, 0.2) is 0 Å². The maximum absolute atomic E-state index is 5.01. The number of para-hydroxylation sites is 1. The van der Waals surface area contributed by atoms with E-state index in [1.165, 1.54) is 11.1 Å². The topological polar surface area (TPSA) is 59.1 Å². The van der Waals surface area contributed by atoms with Gasteiger partial charge in [-0.05, 0) is 30.0 Å². The van der Waals surface area contributed by atoms with E-state index in [4.69, 9.17) is 4.74 Å². The minimum atomic E-state index is 0.448. The Morgan fingerprint density at radius 1 is 1.23 bits per heavy atom. The molecule has 0 aliphatic rings. The highest BCUT2D eigenvalue weighted by atomic mass is 16.5. The van der Waals surface area contributed by atoms with Gasteiger partial charge in [0.25, 0.3) is 0 Å². The van der Waals surface area contributed by atoms with Crippen LogP contribution >= 0.6 is 0 Å². The number of benzene rings is 1. The standard InChI is InChI=1S/C17H24N4O/c1-12(2)14-7-5-6-13(3)16(14)20-15-8-9-18-17(21-15)19-10-11-22-4/h5-9,12H,10-11H2,1-4H3,(H2,18,19,20,21). The molecule has 0 aliphatic carbocycles. The van der Waals surface area contributed by atoms with E-state index in [1.54, 1.807) is 13.3 Å². The summed E-state index contributed by atoms with van der Waals surface area (Å²) in [6, 6.07) is 8.22. The highest BCUT2D eigenvalue weighted by molar-refractivity contribution is 5.65. The Balaban J connectivity index is 2.19. The van der Waals surface area contributed by atoms with Crippen LogP contribution < -0.4 is 10.6 Å². The molecule has 0 unspecified atom stereocenters. The molecule has 0 saturated heterocycles. The van der Waals surface area contributed by atoms with Crippen molar-refractivity contribution in [2.24, 2.45) is 0 Å². The summed E-state index contributed by atoms with van der Waals surface area (Å²) in [4.78, 5) is 8.71. The van der Waals surface area contributed by atoms with E-state index in [0.29, 0.717) is 25.0 Å². The van der Waals surface area contributed by atoms with E-state index in [0.717, 1.165) is 11.5 Å². The molecule has 0 radical (unpaired) electrons. The summed E-state index contributed by atoms with van der Waals surface area (Å²) in [5.41, 5.74) is 3.62. The molecule has 0 bridgehead atoms. The second-order valence-electron chi connectivity index (χ2n) is 5.50. The molecule has 2 N–H and O–H groups in total. The fourth-order valence-corrected chi connectivity index (χ4v) is 2.25. The van der Waals surface area contributed by atoms with Crippen molar-refractivity contribution in [2.75, 3.05) is 30.9 Å². The predicted octanol–water partition coefficient (Wildman–Crippen LogP) is 3.71. The molecule has 0 saturated carbocycles. The lowest BCUT2D eigenvalue weighted by Crippen LogP contribution is -2.11. The number of aromatic nitrogens is 2. The van der Waals surface area contributed by atoms with E-state index in [-0.39, 0.29) is 0 Å². The summed E-state index contributed by atoms with van der Waals surface area (Å²) in [5, 5.41) is 6.57. The van der Waals surface area contributed by atoms with Crippen molar-refractivity contribution in [3.63, 3.8) is 0 Å². The molecule has 0 atom stereocenters. The third-order valence-corrected chi connectivity index (χ3v) is 3.42. The second kappa shape index (κ2) is 7.75. The maximum Gasteiger partial charge on any atom is 0.224 e. The van der Waals surface area contributed by atoms with Crippen molar-refractivity contribution in [3.8, 4) is 0 Å². The van der Waals surface area contributed by atoms with Crippen molar-refractivity contribution < 1.29 is 4.74 Å². The van der Waals surface area contributed by atoms with Gasteiger partial charge in [-0.3, -0.25) is 0 Å². The first-order valence-corrected chi connectivity index (χ1v) is 7.54. The van der Waals surface area contributed by atoms with Gasteiger partial charge in [-0.15, -0.1) is 0 Å². The third kappa shape index (κ3) is 4.18. The van der Waals surface area contributed by atoms with Gasteiger partial charge in [-0.2, -0.15) is 4.98 Å². The Kier molecular flexibility index (Phi) is 5.72. The molecule has 5 heteroatoms. The fourth-order valence-electron chi connectivity index (χ4n) is 2.25. The zero-order chi connectivity index (χ0) is 15.9. The van der Waals surface area contributed by atoms with E-state index >= 15 is 0 Å². The number of ether oxygens (including phenoxy) is 1. The number of nitrogens with one attached hydrogen (secondary N) is 2. The smallest absolute Gasteiger partial charge is 0.224 e. The number of rotatable bonds is 7. The molecule has 1 aromatic heterocycles. The van der Waals surface area contributed by atoms with Crippen LogP contribution in [0.2, 0.25) is 0 Å². The van der Waals surface area contributed by atoms with Gasteiger partial charge in [-0.25, -0.2) is 4.98 Å². The van der Waals surface area contributed by atoms with Crippen LogP contribution in [0.1, 0.15) is 30.9 Å². The lowest BCUT2D eigenvalue weighted by molar-refractivity contribution is 0.210. The molecule has 0 fully saturated rings. The van der Waals surface area contributed by atoms with Crippen LogP contribution in [0.15, 0.2) is 30.5 Å². The van der Waals surface area contributed by atoms with E-state index < -0.39 is 0 Å². The van der Waals surface area contributed by atoms with Crippen molar-refractivity contribution >= 4 is 17.5 Å². The number of hydrogen-bond donors (Lipinski definition) is 2. The molecule has 0 spiro atoms. The Morgan fingerprint density at radius 3 is 2.77 bits per heavy atom. The van der Waals surface area contributed by atoms with Gasteiger partial charge < -0.3 is 15.4 Å². The second-order valence-corrected chi connectivity index (χ2v) is 5.50. The van der Waals surface area contributed by atoms with Crippen molar-refractivity contribution in [3.05, 3.63) is 41.6 Å². The molecule has 22 heavy (non-hydrogen) atoms. The van der Waals surface area contributed by atoms with E-state index in [1.807, 2.05) is 6.07 Å². The molecule has 118 valence electrons. The molecule has 0 amide bonds. The Morgan fingerprint density at radius 2 is 2.05 bits per heavy atom. The Labute approximate surface area is 132 Å². The maximum atomic E-state index is 5.01. The Hall–Kier alpha value is -2.14. The van der Waals surface area contributed by atoms with Crippen LogP contribution in [0.3, 0.4) is 0 Å². The number of hydrogen-bond acceptors (Lipinski definition) is 5. The summed E-state index contributed by atoms with van der Waals surface area (Å²) in [6.45, 7) is 7.79. The number of aryl methyl sites for hydroxylation is 1. The van der Waals surface area contributed by atoms with E-state index in [2.05, 4.69) is 59.6 Å². The molecular formula is C17H24N4O. The molecule has 1 heterocycles. The number of nitrogens with zero attached hydrogens (tertiary/aromatic N) is 2. The van der Waals surface area contributed by atoms with Crippen LogP contribution in [0.25, 0.3) is 0 Å². The molecule has 1 aromatic carbocycles. The molecule has 0 aliphatic heterocycles. The van der Waals surface area contributed by atoms with Gasteiger partial charge in [0.05, 0.1) is 6.61 Å². The highest BCUT2D eigenvalue weighted by Crippen LogP contribution is 2.29. The van der Waals surface area contributed by atoms with Crippen LogP contribution in [0.5, 0.6) is 0 Å². The summed E-state index contributed by atoms with van der Waals surface area (Å²) in [7, 11) is 1.67. The largest absolute Gasteiger partial charge is 0.383 e. The predicted molar refractivity (Wildman–Crippen MR) is 90.9 cm³/mol. The fraction of sp³-hybridized carbons (Fsp3) is 0.412. The summed E-state index contributed by atoms with van der Waals surface area (Å²) < 4.78 is 5.01. The zero-order valence-electron chi connectivity index (χ0n) is 13.7. The van der Waals surface area contributed by atoms with Crippen molar-refractivity contribution in [2.45, 2.75) is 26.7 Å². The lowest BCUT2D eigenvalue weighted by atomic mass is 9.98. The monoisotopic (exact) mass is 300 g/mol. The molecule has 2 rings (SSSR count). The first-order valence-electron chi connectivity index (χ1n) is 7.54. The van der Waals surface area contributed by atoms with E-state index in [9.17, 15) is 0 Å². The quantitative estimate of drug-likeness (QED) is 0.763. The highest BCUT2D eigenvalue weighted by Gasteiger charge is 2.10. The van der Waals surface area contributed by atoms with Gasteiger partial charge in [0.2, 0.25) is 5.95 Å². The number of methoxy groups -OCH3 is 1. The SMILES string of the molecule is COCCNc1nccc(Nc2c(C)cccc2C(C)C)n1. The summed E-state index contributed by atoms with van der Waals surface area (Å²) in [6.07, 6.45) is 1.75. The summed E-state index contributed by atoms with van der Waals surface area (Å²) >= 11 is 0. The minimum Gasteiger partial charge on any atom is -0.383 e. The Bertz CT molecular complexity index is 613. The third-order valence-electron chi connectivity index (χ3n) is 3.42. The van der Waals surface area contributed by atoms with Gasteiger partial charge in [0, 0.05) is 25.5 Å². The normalized spacial score (nSPS) is 10.8. The van der Waals surface area contributed by atoms with Crippen LogP contribution in [-0.2, 0) is 4.74 Å². The van der Waals surface area contributed by atoms with Gasteiger partial charge in [-0.1, -0.05) is 32.0 Å². The van der Waals surface area contributed by atoms with Gasteiger partial charge >= 0.3 is 0 Å². The average molecular weight is 300 g/mol. The van der Waals surface area contributed by atoms with Crippen molar-refractivity contribution in [1.82, 2.24) is 9.97 Å². The van der Waals surface area contributed by atoms with Crippen molar-refractivity contribution in [1.29, 1.82) is 0 Å². The summed E-state index contributed by atoms with van der Waals surface area (Å²) in [5.74, 6) is 1.83. The van der Waals surface area contributed by atoms with Crippen LogP contribution in [0, 0.1) is 6.92 Å². The lowest BCUT2D eigenvalue weighted by Gasteiger charge is -2.17. The average Bonchev–Trinajstić information content (AvgIpc) is 2.50.